The normalized spacial score (nSPS) is 10.1. The molecule has 0 aliphatic rings. The van der Waals surface area contributed by atoms with E-state index in [0.29, 0.717) is 10.8 Å². The quantitative estimate of drug-likeness (QED) is 0.748. The fourth-order valence-corrected chi connectivity index (χ4v) is 1.87. The third kappa shape index (κ3) is 4.32. The van der Waals surface area contributed by atoms with E-state index in [0.717, 1.165) is 4.47 Å². The summed E-state index contributed by atoms with van der Waals surface area (Å²) >= 11 is 8.42. The molecule has 0 unspecified atom stereocenters. The highest BCUT2D eigenvalue weighted by atomic mass is 79.9. The largest absolute Gasteiger partial charge is 0.478 e. The zero-order chi connectivity index (χ0) is 13.0. The Morgan fingerprint density at radius 3 is 2.65 bits per heavy atom. The highest BCUT2D eigenvalue weighted by molar-refractivity contribution is 9.10. The van der Waals surface area contributed by atoms with Crippen molar-refractivity contribution < 1.29 is 9.90 Å². The van der Waals surface area contributed by atoms with Crippen molar-refractivity contribution in [2.24, 2.45) is 0 Å². The second-order valence-electron chi connectivity index (χ2n) is 3.75. The van der Waals surface area contributed by atoms with Gasteiger partial charge < -0.3 is 15.7 Å². The number of anilines is 1. The van der Waals surface area contributed by atoms with Crippen molar-refractivity contribution in [1.29, 1.82) is 0 Å². The first-order valence-corrected chi connectivity index (χ1v) is 6.20. The number of rotatable bonds is 3. The van der Waals surface area contributed by atoms with E-state index in [-0.39, 0.29) is 11.6 Å². The molecule has 92 valence electrons. The summed E-state index contributed by atoms with van der Waals surface area (Å²) in [6, 6.07) is 4.94. The minimum absolute atomic E-state index is 0.211. The fraction of sp³-hybridized carbons (Fsp3) is 0.273. The smallest absolute Gasteiger partial charge is 0.335 e. The summed E-state index contributed by atoms with van der Waals surface area (Å²) in [5.74, 6) is -0.969. The molecule has 4 nitrogen and oxygen atoms in total. The van der Waals surface area contributed by atoms with Gasteiger partial charge in [0, 0.05) is 10.5 Å². The fourth-order valence-electron chi connectivity index (χ4n) is 1.17. The zero-order valence-corrected chi connectivity index (χ0v) is 11.9. The van der Waals surface area contributed by atoms with Crippen LogP contribution >= 0.6 is 28.1 Å². The first-order valence-electron chi connectivity index (χ1n) is 5.00. The second-order valence-corrected chi connectivity index (χ2v) is 5.02. The highest BCUT2D eigenvalue weighted by Gasteiger charge is 2.08. The van der Waals surface area contributed by atoms with E-state index in [1.54, 1.807) is 6.07 Å². The van der Waals surface area contributed by atoms with Gasteiger partial charge in [-0.3, -0.25) is 0 Å². The van der Waals surface area contributed by atoms with Crippen LogP contribution in [0.1, 0.15) is 24.2 Å². The van der Waals surface area contributed by atoms with Crippen LogP contribution < -0.4 is 10.6 Å². The molecule has 0 aromatic heterocycles. The molecule has 0 atom stereocenters. The standard InChI is InChI=1S/C11H13BrN2O2S/c1-6(2)13-11(17)14-9-5-7(10(15)16)3-4-8(9)12/h3-6H,1-2H3,(H,15,16)(H2,13,14,17). The lowest BCUT2D eigenvalue weighted by atomic mass is 10.2. The van der Waals surface area contributed by atoms with Gasteiger partial charge in [0.05, 0.1) is 11.3 Å². The molecule has 3 N–H and O–H groups in total. The molecule has 0 spiro atoms. The molecule has 0 saturated carbocycles. The van der Waals surface area contributed by atoms with Gasteiger partial charge in [-0.05, 0) is 60.2 Å². The van der Waals surface area contributed by atoms with Gasteiger partial charge in [-0.25, -0.2) is 4.79 Å². The van der Waals surface area contributed by atoms with Crippen molar-refractivity contribution in [3.05, 3.63) is 28.2 Å². The number of nitrogens with one attached hydrogen (secondary N) is 2. The molecule has 0 fully saturated rings. The van der Waals surface area contributed by atoms with E-state index >= 15 is 0 Å². The highest BCUT2D eigenvalue weighted by Crippen LogP contribution is 2.23. The Kier molecular flexibility index (Phi) is 4.89. The van der Waals surface area contributed by atoms with Crippen LogP contribution in [0.15, 0.2) is 22.7 Å². The van der Waals surface area contributed by atoms with Gasteiger partial charge in [-0.15, -0.1) is 0 Å². The van der Waals surface area contributed by atoms with E-state index in [2.05, 4.69) is 26.6 Å². The molecule has 0 saturated heterocycles. The topological polar surface area (TPSA) is 61.4 Å². The van der Waals surface area contributed by atoms with Gasteiger partial charge in [0.1, 0.15) is 0 Å². The molecule has 1 aromatic rings. The van der Waals surface area contributed by atoms with Gasteiger partial charge in [-0.1, -0.05) is 0 Å². The first kappa shape index (κ1) is 13.9. The molecular formula is C11H13BrN2O2S. The van der Waals surface area contributed by atoms with Crippen molar-refractivity contribution in [1.82, 2.24) is 5.32 Å². The lowest BCUT2D eigenvalue weighted by Crippen LogP contribution is -2.34. The zero-order valence-electron chi connectivity index (χ0n) is 9.45. The van der Waals surface area contributed by atoms with Crippen molar-refractivity contribution in [2.75, 3.05) is 5.32 Å². The summed E-state index contributed by atoms with van der Waals surface area (Å²) in [7, 11) is 0. The maximum atomic E-state index is 10.8. The number of carboxylic acids is 1. The summed E-state index contributed by atoms with van der Waals surface area (Å²) < 4.78 is 0.760. The Morgan fingerprint density at radius 1 is 1.47 bits per heavy atom. The second kappa shape index (κ2) is 5.97. The molecule has 1 aromatic carbocycles. The van der Waals surface area contributed by atoms with Crippen LogP contribution in [0, 0.1) is 0 Å². The minimum Gasteiger partial charge on any atom is -0.478 e. The number of halogens is 1. The van der Waals surface area contributed by atoms with E-state index < -0.39 is 5.97 Å². The number of hydrogen-bond donors (Lipinski definition) is 3. The molecule has 0 aliphatic heterocycles. The van der Waals surface area contributed by atoms with Gasteiger partial charge in [-0.2, -0.15) is 0 Å². The monoisotopic (exact) mass is 316 g/mol. The molecule has 0 amide bonds. The third-order valence-electron chi connectivity index (χ3n) is 1.88. The van der Waals surface area contributed by atoms with E-state index in [9.17, 15) is 4.79 Å². The van der Waals surface area contributed by atoms with Gasteiger partial charge in [0.2, 0.25) is 0 Å². The predicted molar refractivity (Wildman–Crippen MR) is 75.6 cm³/mol. The Labute approximate surface area is 114 Å². The summed E-state index contributed by atoms with van der Waals surface area (Å²) in [4.78, 5) is 10.8. The first-order chi connectivity index (χ1) is 7.90. The summed E-state index contributed by atoms with van der Waals surface area (Å²) in [5.41, 5.74) is 0.839. The minimum atomic E-state index is -0.969. The Balaban J connectivity index is 2.86. The lowest BCUT2D eigenvalue weighted by molar-refractivity contribution is 0.0697. The van der Waals surface area contributed by atoms with E-state index in [4.69, 9.17) is 17.3 Å². The summed E-state index contributed by atoms with van der Waals surface area (Å²) in [5, 5.41) is 15.3. The van der Waals surface area contributed by atoms with Crippen LogP contribution in [0.5, 0.6) is 0 Å². The maximum absolute atomic E-state index is 10.8. The van der Waals surface area contributed by atoms with Gasteiger partial charge in [0.25, 0.3) is 0 Å². The maximum Gasteiger partial charge on any atom is 0.335 e. The average Bonchev–Trinajstić information content (AvgIpc) is 2.19. The number of carboxylic acid groups (broad SMARTS) is 1. The molecule has 17 heavy (non-hydrogen) atoms. The number of benzene rings is 1. The Morgan fingerprint density at radius 2 is 2.12 bits per heavy atom. The average molecular weight is 317 g/mol. The van der Waals surface area contributed by atoms with E-state index in [1.165, 1.54) is 12.1 Å². The van der Waals surface area contributed by atoms with Crippen LogP contribution in [0.3, 0.4) is 0 Å². The molecule has 1 rings (SSSR count). The molecular weight excluding hydrogens is 304 g/mol. The van der Waals surface area contributed by atoms with Crippen molar-refractivity contribution >= 4 is 44.9 Å². The molecule has 0 radical (unpaired) electrons. The van der Waals surface area contributed by atoms with Gasteiger partial charge >= 0.3 is 5.97 Å². The van der Waals surface area contributed by atoms with Crippen LogP contribution in [0.4, 0.5) is 5.69 Å². The SMILES string of the molecule is CC(C)NC(=S)Nc1cc(C(=O)O)ccc1Br. The van der Waals surface area contributed by atoms with Crippen LogP contribution in [-0.4, -0.2) is 22.2 Å². The van der Waals surface area contributed by atoms with Crippen LogP contribution in [0.2, 0.25) is 0 Å². The Hall–Kier alpha value is -1.14. The number of thiocarbonyl (C=S) groups is 1. The summed E-state index contributed by atoms with van der Waals surface area (Å²) in [6.45, 7) is 3.94. The third-order valence-corrected chi connectivity index (χ3v) is 2.79. The molecule has 6 heteroatoms. The lowest BCUT2D eigenvalue weighted by Gasteiger charge is -2.14. The number of aromatic carboxylic acids is 1. The number of hydrogen-bond acceptors (Lipinski definition) is 2. The molecule has 0 heterocycles. The number of carbonyl (C=O) groups is 1. The van der Waals surface area contributed by atoms with Crippen molar-refractivity contribution in [3.8, 4) is 0 Å². The summed E-state index contributed by atoms with van der Waals surface area (Å²) in [6.07, 6.45) is 0. The molecule has 0 aliphatic carbocycles. The Bertz CT molecular complexity index is 449. The van der Waals surface area contributed by atoms with Crippen molar-refractivity contribution in [2.45, 2.75) is 19.9 Å². The van der Waals surface area contributed by atoms with Gasteiger partial charge in [0.15, 0.2) is 5.11 Å². The van der Waals surface area contributed by atoms with Crippen LogP contribution in [-0.2, 0) is 0 Å². The van der Waals surface area contributed by atoms with E-state index in [1.807, 2.05) is 13.8 Å². The van der Waals surface area contributed by atoms with Crippen molar-refractivity contribution in [3.63, 3.8) is 0 Å². The molecule has 0 bridgehead atoms. The van der Waals surface area contributed by atoms with Crippen LogP contribution in [0.25, 0.3) is 0 Å². The predicted octanol–water partition coefficient (Wildman–Crippen LogP) is 2.84.